The number of amides is 1. The molecule has 0 spiro atoms. The van der Waals surface area contributed by atoms with Gasteiger partial charge in [-0.25, -0.2) is 0 Å². The van der Waals surface area contributed by atoms with Crippen LogP contribution in [0.2, 0.25) is 0 Å². The van der Waals surface area contributed by atoms with E-state index in [1.54, 1.807) is 4.90 Å². The van der Waals surface area contributed by atoms with Gasteiger partial charge in [0.1, 0.15) is 5.54 Å². The van der Waals surface area contributed by atoms with E-state index >= 15 is 0 Å². The zero-order chi connectivity index (χ0) is 10.8. The Labute approximate surface area is 85.4 Å². The molecule has 0 bridgehead atoms. The van der Waals surface area contributed by atoms with Crippen molar-refractivity contribution in [1.82, 2.24) is 4.90 Å². The number of rotatable bonds is 3. The van der Waals surface area contributed by atoms with Gasteiger partial charge in [-0.2, -0.15) is 0 Å². The van der Waals surface area contributed by atoms with Gasteiger partial charge in [-0.15, -0.1) is 0 Å². The normalized spacial score (nSPS) is 28.9. The summed E-state index contributed by atoms with van der Waals surface area (Å²) in [5, 5.41) is 0. The summed E-state index contributed by atoms with van der Waals surface area (Å²) in [5.41, 5.74) is 5.20. The number of ether oxygens (including phenoxy) is 1. The van der Waals surface area contributed by atoms with Crippen LogP contribution in [0, 0.1) is 0 Å². The van der Waals surface area contributed by atoms with Crippen LogP contribution in [-0.2, 0) is 9.53 Å². The third-order valence-electron chi connectivity index (χ3n) is 3.05. The van der Waals surface area contributed by atoms with Gasteiger partial charge in [0.2, 0.25) is 5.91 Å². The molecule has 1 rings (SSSR count). The summed E-state index contributed by atoms with van der Waals surface area (Å²) in [5.74, 6) is 0.00403. The van der Waals surface area contributed by atoms with Gasteiger partial charge in [0.05, 0.1) is 6.61 Å². The van der Waals surface area contributed by atoms with E-state index in [1.165, 1.54) is 0 Å². The first-order valence-corrected chi connectivity index (χ1v) is 5.15. The van der Waals surface area contributed by atoms with Gasteiger partial charge in [0.25, 0.3) is 0 Å². The summed E-state index contributed by atoms with van der Waals surface area (Å²) in [4.78, 5) is 13.7. The SMILES string of the molecule is CCC(C)N(C)C(=O)C1(N)CCOC1. The third kappa shape index (κ3) is 2.07. The summed E-state index contributed by atoms with van der Waals surface area (Å²) in [6.45, 7) is 5.03. The van der Waals surface area contributed by atoms with Crippen LogP contribution in [0.4, 0.5) is 0 Å². The van der Waals surface area contributed by atoms with E-state index in [9.17, 15) is 4.79 Å². The molecule has 1 fully saturated rings. The molecular formula is C10H20N2O2. The second-order valence-electron chi connectivity index (χ2n) is 4.13. The molecule has 0 saturated carbocycles. The highest BCUT2D eigenvalue weighted by atomic mass is 16.5. The first-order valence-electron chi connectivity index (χ1n) is 5.15. The lowest BCUT2D eigenvalue weighted by Gasteiger charge is -2.31. The fraction of sp³-hybridized carbons (Fsp3) is 0.900. The van der Waals surface area contributed by atoms with Crippen LogP contribution in [-0.4, -0.2) is 42.6 Å². The predicted molar refractivity (Wildman–Crippen MR) is 54.9 cm³/mol. The molecule has 2 N–H and O–H groups in total. The van der Waals surface area contributed by atoms with E-state index in [4.69, 9.17) is 10.5 Å². The molecule has 1 saturated heterocycles. The molecule has 0 aromatic rings. The summed E-state index contributed by atoms with van der Waals surface area (Å²) in [6, 6.07) is 0.239. The monoisotopic (exact) mass is 200 g/mol. The molecular weight excluding hydrogens is 180 g/mol. The van der Waals surface area contributed by atoms with Crippen molar-refractivity contribution >= 4 is 5.91 Å². The Morgan fingerprint density at radius 3 is 2.79 bits per heavy atom. The van der Waals surface area contributed by atoms with Gasteiger partial charge >= 0.3 is 0 Å². The van der Waals surface area contributed by atoms with Crippen molar-refractivity contribution in [3.8, 4) is 0 Å². The minimum Gasteiger partial charge on any atom is -0.379 e. The number of carbonyl (C=O) groups excluding carboxylic acids is 1. The van der Waals surface area contributed by atoms with Crippen molar-refractivity contribution < 1.29 is 9.53 Å². The number of nitrogens with two attached hydrogens (primary N) is 1. The number of likely N-dealkylation sites (N-methyl/N-ethyl adjacent to an activating group) is 1. The molecule has 0 aromatic heterocycles. The molecule has 1 aliphatic rings. The van der Waals surface area contributed by atoms with Gasteiger partial charge < -0.3 is 15.4 Å². The molecule has 1 aliphatic heterocycles. The molecule has 1 amide bonds. The van der Waals surface area contributed by atoms with Gasteiger partial charge in [-0.05, 0) is 19.8 Å². The Hall–Kier alpha value is -0.610. The summed E-state index contributed by atoms with van der Waals surface area (Å²) < 4.78 is 5.17. The molecule has 0 radical (unpaired) electrons. The Balaban J connectivity index is 2.63. The van der Waals surface area contributed by atoms with Crippen LogP contribution in [0.5, 0.6) is 0 Å². The van der Waals surface area contributed by atoms with E-state index in [0.717, 1.165) is 6.42 Å². The largest absolute Gasteiger partial charge is 0.379 e. The predicted octanol–water partition coefficient (Wildman–Crippen LogP) is 0.361. The minimum atomic E-state index is -0.780. The van der Waals surface area contributed by atoms with Gasteiger partial charge in [-0.1, -0.05) is 6.92 Å². The smallest absolute Gasteiger partial charge is 0.245 e. The number of carbonyl (C=O) groups is 1. The Morgan fingerprint density at radius 2 is 2.36 bits per heavy atom. The van der Waals surface area contributed by atoms with Gasteiger partial charge in [0.15, 0.2) is 0 Å². The number of nitrogens with zero attached hydrogens (tertiary/aromatic N) is 1. The van der Waals surface area contributed by atoms with E-state index in [1.807, 2.05) is 14.0 Å². The van der Waals surface area contributed by atoms with Crippen molar-refractivity contribution in [2.75, 3.05) is 20.3 Å². The Bertz CT molecular complexity index is 212. The number of hydrogen-bond acceptors (Lipinski definition) is 3. The average molecular weight is 200 g/mol. The standard InChI is InChI=1S/C10H20N2O2/c1-4-8(2)12(3)9(13)10(11)5-6-14-7-10/h8H,4-7,11H2,1-3H3. The zero-order valence-electron chi connectivity index (χ0n) is 9.25. The van der Waals surface area contributed by atoms with Crippen molar-refractivity contribution in [1.29, 1.82) is 0 Å². The van der Waals surface area contributed by atoms with E-state index in [2.05, 4.69) is 6.92 Å². The third-order valence-corrected chi connectivity index (χ3v) is 3.05. The first-order chi connectivity index (χ1) is 6.51. The van der Waals surface area contributed by atoms with E-state index in [-0.39, 0.29) is 11.9 Å². The van der Waals surface area contributed by atoms with Crippen LogP contribution < -0.4 is 5.73 Å². The second kappa shape index (κ2) is 4.28. The highest BCUT2D eigenvalue weighted by Gasteiger charge is 2.40. The lowest BCUT2D eigenvalue weighted by molar-refractivity contribution is -0.137. The van der Waals surface area contributed by atoms with Crippen molar-refractivity contribution in [2.45, 2.75) is 38.3 Å². The topological polar surface area (TPSA) is 55.6 Å². The molecule has 2 unspecified atom stereocenters. The maximum Gasteiger partial charge on any atom is 0.245 e. The fourth-order valence-corrected chi connectivity index (χ4v) is 1.57. The summed E-state index contributed by atoms with van der Waals surface area (Å²) in [6.07, 6.45) is 1.58. The maximum atomic E-state index is 12.0. The first kappa shape index (κ1) is 11.5. The molecule has 0 aromatic carbocycles. The number of hydrogen-bond donors (Lipinski definition) is 1. The van der Waals surface area contributed by atoms with Crippen molar-refractivity contribution in [3.05, 3.63) is 0 Å². The quantitative estimate of drug-likeness (QED) is 0.715. The highest BCUT2D eigenvalue weighted by Crippen LogP contribution is 2.19. The van der Waals surface area contributed by atoms with E-state index < -0.39 is 5.54 Å². The van der Waals surface area contributed by atoms with Crippen LogP contribution >= 0.6 is 0 Å². The van der Waals surface area contributed by atoms with Crippen LogP contribution in [0.3, 0.4) is 0 Å². The fourth-order valence-electron chi connectivity index (χ4n) is 1.57. The van der Waals surface area contributed by atoms with Gasteiger partial charge in [-0.3, -0.25) is 4.79 Å². The van der Waals surface area contributed by atoms with E-state index in [0.29, 0.717) is 19.6 Å². The molecule has 0 aliphatic carbocycles. The Kier molecular flexibility index (Phi) is 3.50. The lowest BCUT2D eigenvalue weighted by atomic mass is 9.97. The highest BCUT2D eigenvalue weighted by molar-refractivity contribution is 5.86. The maximum absolute atomic E-state index is 12.0. The van der Waals surface area contributed by atoms with Crippen LogP contribution in [0.15, 0.2) is 0 Å². The molecule has 2 atom stereocenters. The molecule has 82 valence electrons. The summed E-state index contributed by atoms with van der Waals surface area (Å²) in [7, 11) is 1.81. The van der Waals surface area contributed by atoms with Crippen molar-refractivity contribution in [2.24, 2.45) is 5.73 Å². The van der Waals surface area contributed by atoms with Crippen LogP contribution in [0.1, 0.15) is 26.7 Å². The van der Waals surface area contributed by atoms with Crippen LogP contribution in [0.25, 0.3) is 0 Å². The average Bonchev–Trinajstić information content (AvgIpc) is 2.63. The minimum absolute atomic E-state index is 0.00403. The van der Waals surface area contributed by atoms with Gasteiger partial charge in [0, 0.05) is 19.7 Å². The molecule has 1 heterocycles. The second-order valence-corrected chi connectivity index (χ2v) is 4.13. The molecule has 4 nitrogen and oxygen atoms in total. The summed E-state index contributed by atoms with van der Waals surface area (Å²) >= 11 is 0. The molecule has 4 heteroatoms. The van der Waals surface area contributed by atoms with Crippen molar-refractivity contribution in [3.63, 3.8) is 0 Å². The molecule has 14 heavy (non-hydrogen) atoms. The Morgan fingerprint density at radius 1 is 1.71 bits per heavy atom. The lowest BCUT2D eigenvalue weighted by Crippen LogP contribution is -2.56. The zero-order valence-corrected chi connectivity index (χ0v) is 9.25.